The van der Waals surface area contributed by atoms with E-state index in [0.29, 0.717) is 23.5 Å². The molecular formula is C33H44N6O5S. The maximum absolute atomic E-state index is 13.5. The number of hydrogen-bond donors (Lipinski definition) is 5. The van der Waals surface area contributed by atoms with Crippen molar-refractivity contribution in [3.05, 3.63) is 94.8 Å². The molecule has 0 heterocycles. The zero-order valence-corrected chi connectivity index (χ0v) is 27.9. The third-order valence-electron chi connectivity index (χ3n) is 6.90. The summed E-state index contributed by atoms with van der Waals surface area (Å²) in [4.78, 5) is 28.4. The molecule has 0 unspecified atom stereocenters. The minimum absolute atomic E-state index is 0.0291. The summed E-state index contributed by atoms with van der Waals surface area (Å²) in [6, 6.07) is 17.9. The van der Waals surface area contributed by atoms with Crippen LogP contribution in [-0.4, -0.2) is 59.1 Å². The number of benzene rings is 3. The molecule has 0 aliphatic carbocycles. The van der Waals surface area contributed by atoms with Gasteiger partial charge in [0.25, 0.3) is 11.8 Å². The molecule has 0 bridgehead atoms. The number of nitrogens with two attached hydrogens (primary N) is 1. The Balaban J connectivity index is 1.84. The van der Waals surface area contributed by atoms with Crippen molar-refractivity contribution in [2.24, 2.45) is 5.73 Å². The summed E-state index contributed by atoms with van der Waals surface area (Å²) in [6.45, 7) is 8.38. The fourth-order valence-corrected chi connectivity index (χ4v) is 5.06. The molecule has 3 rings (SSSR count). The standard InChI is InChI=1S/C33H44N6O5S/c1-21-14-15-23(31(40)36-27-17-24(33(2,3)4)18-28(30(27)44-7)38-45(8,42)43)16-26(21)35-19-25(34)32(41)37-29(20-39(5)6)22-12-10-9-11-13-22/h9-19,29,35,38H,20,34H2,1-8H3,(H,36,40)(H,37,41)/b25-19-/t29-/m1/s1. The van der Waals surface area contributed by atoms with Gasteiger partial charge in [-0.2, -0.15) is 0 Å². The quantitative estimate of drug-likeness (QED) is 0.181. The van der Waals surface area contributed by atoms with Gasteiger partial charge in [0.2, 0.25) is 10.0 Å². The summed E-state index contributed by atoms with van der Waals surface area (Å²) < 4.78 is 32.1. The lowest BCUT2D eigenvalue weighted by atomic mass is 9.86. The van der Waals surface area contributed by atoms with Gasteiger partial charge in [-0.3, -0.25) is 14.3 Å². The van der Waals surface area contributed by atoms with Gasteiger partial charge in [0.1, 0.15) is 5.70 Å². The van der Waals surface area contributed by atoms with Crippen molar-refractivity contribution in [1.29, 1.82) is 0 Å². The van der Waals surface area contributed by atoms with Crippen LogP contribution in [-0.2, 0) is 20.2 Å². The first-order chi connectivity index (χ1) is 21.0. The maximum atomic E-state index is 13.5. The maximum Gasteiger partial charge on any atom is 0.269 e. The number of aryl methyl sites for hydroxylation is 1. The highest BCUT2D eigenvalue weighted by Gasteiger charge is 2.23. The van der Waals surface area contributed by atoms with Gasteiger partial charge in [0.05, 0.1) is 30.8 Å². The summed E-state index contributed by atoms with van der Waals surface area (Å²) in [7, 11) is 1.63. The Kier molecular flexibility index (Phi) is 11.2. The highest BCUT2D eigenvalue weighted by molar-refractivity contribution is 7.92. The van der Waals surface area contributed by atoms with Gasteiger partial charge in [-0.05, 0) is 67.4 Å². The van der Waals surface area contributed by atoms with Crippen LogP contribution in [0.5, 0.6) is 5.75 Å². The van der Waals surface area contributed by atoms with Crippen molar-refractivity contribution in [2.75, 3.05) is 49.4 Å². The molecule has 0 aliphatic heterocycles. The molecule has 0 saturated carbocycles. The lowest BCUT2D eigenvalue weighted by Gasteiger charge is -2.24. The van der Waals surface area contributed by atoms with Crippen LogP contribution in [0.15, 0.2) is 72.6 Å². The molecule has 3 aromatic rings. The molecule has 0 radical (unpaired) electrons. The van der Waals surface area contributed by atoms with Crippen molar-refractivity contribution >= 4 is 38.9 Å². The van der Waals surface area contributed by atoms with Crippen LogP contribution in [0.4, 0.5) is 17.1 Å². The van der Waals surface area contributed by atoms with Crippen molar-refractivity contribution in [2.45, 2.75) is 39.2 Å². The van der Waals surface area contributed by atoms with Crippen LogP contribution in [0.1, 0.15) is 53.9 Å². The minimum atomic E-state index is -3.62. The molecule has 0 spiro atoms. The van der Waals surface area contributed by atoms with E-state index in [4.69, 9.17) is 10.5 Å². The summed E-state index contributed by atoms with van der Waals surface area (Å²) in [5.41, 5.74) is 9.73. The third-order valence-corrected chi connectivity index (χ3v) is 7.49. The van der Waals surface area contributed by atoms with Gasteiger partial charge in [-0.1, -0.05) is 57.2 Å². The summed E-state index contributed by atoms with van der Waals surface area (Å²) >= 11 is 0. The van der Waals surface area contributed by atoms with E-state index in [1.165, 1.54) is 13.3 Å². The predicted octanol–water partition coefficient (Wildman–Crippen LogP) is 4.56. The number of methoxy groups -OCH3 is 1. The van der Waals surface area contributed by atoms with E-state index >= 15 is 0 Å². The van der Waals surface area contributed by atoms with Crippen LogP contribution in [0.25, 0.3) is 0 Å². The second kappa shape index (κ2) is 14.5. The Labute approximate surface area is 266 Å². The largest absolute Gasteiger partial charge is 0.492 e. The Morgan fingerprint density at radius 2 is 1.64 bits per heavy atom. The van der Waals surface area contributed by atoms with Crippen LogP contribution in [0.3, 0.4) is 0 Å². The molecule has 6 N–H and O–H groups in total. The highest BCUT2D eigenvalue weighted by atomic mass is 32.2. The number of anilines is 3. The number of ether oxygens (including phenoxy) is 1. The summed E-state index contributed by atoms with van der Waals surface area (Å²) in [5, 5.41) is 8.90. The van der Waals surface area contributed by atoms with E-state index in [-0.39, 0.29) is 28.6 Å². The lowest BCUT2D eigenvalue weighted by molar-refractivity contribution is -0.118. The second-order valence-corrected chi connectivity index (χ2v) is 13.9. The number of hydrogen-bond acceptors (Lipinski definition) is 8. The van der Waals surface area contributed by atoms with Crippen molar-refractivity contribution in [3.8, 4) is 5.75 Å². The first kappa shape index (κ1) is 34.9. The van der Waals surface area contributed by atoms with E-state index < -0.39 is 21.8 Å². The molecule has 0 fully saturated rings. The zero-order chi connectivity index (χ0) is 33.5. The molecular weight excluding hydrogens is 592 g/mol. The fourth-order valence-electron chi connectivity index (χ4n) is 4.51. The fraction of sp³-hybridized carbons (Fsp3) is 0.333. The molecule has 0 aliphatic rings. The normalized spacial score (nSPS) is 12.8. The molecule has 12 heteroatoms. The van der Waals surface area contributed by atoms with Crippen LogP contribution < -0.4 is 31.1 Å². The average molecular weight is 637 g/mol. The SMILES string of the molecule is COc1c(NC(=O)c2ccc(C)c(N/C=C(\N)C(=O)N[C@H](CN(C)C)c3ccccc3)c2)cc(C(C)(C)C)cc1NS(C)(=O)=O. The predicted molar refractivity (Wildman–Crippen MR) is 181 cm³/mol. The monoisotopic (exact) mass is 636 g/mol. The molecule has 45 heavy (non-hydrogen) atoms. The summed E-state index contributed by atoms with van der Waals surface area (Å²) in [5.74, 6) is -0.706. The van der Waals surface area contributed by atoms with E-state index in [2.05, 4.69) is 20.7 Å². The molecule has 1 atom stereocenters. The number of carbonyl (C=O) groups is 2. The Bertz CT molecular complexity index is 1660. The van der Waals surface area contributed by atoms with Gasteiger partial charge in [0.15, 0.2) is 5.75 Å². The molecule has 2 amide bonds. The first-order valence-electron chi connectivity index (χ1n) is 14.3. The van der Waals surface area contributed by atoms with Gasteiger partial charge in [-0.25, -0.2) is 8.42 Å². The Morgan fingerprint density at radius 1 is 1.00 bits per heavy atom. The van der Waals surface area contributed by atoms with Gasteiger partial charge in [0, 0.05) is 24.0 Å². The van der Waals surface area contributed by atoms with Crippen LogP contribution in [0.2, 0.25) is 0 Å². The highest BCUT2D eigenvalue weighted by Crippen LogP contribution is 2.39. The Hall–Kier alpha value is -4.55. The second-order valence-electron chi connectivity index (χ2n) is 12.2. The van der Waals surface area contributed by atoms with E-state index in [1.807, 2.05) is 77.0 Å². The van der Waals surface area contributed by atoms with Crippen molar-refractivity contribution in [3.63, 3.8) is 0 Å². The molecule has 242 valence electrons. The topological polar surface area (TPSA) is 155 Å². The molecule has 0 aromatic heterocycles. The number of likely N-dealkylation sites (N-methyl/N-ethyl adjacent to an activating group) is 1. The number of nitrogens with zero attached hydrogens (tertiary/aromatic N) is 1. The molecule has 0 saturated heterocycles. The van der Waals surface area contributed by atoms with E-state index in [0.717, 1.165) is 22.9 Å². The number of carbonyl (C=O) groups excluding carboxylic acids is 2. The minimum Gasteiger partial charge on any atom is -0.492 e. The zero-order valence-electron chi connectivity index (χ0n) is 27.1. The number of sulfonamides is 1. The Morgan fingerprint density at radius 3 is 2.22 bits per heavy atom. The lowest BCUT2D eigenvalue weighted by Crippen LogP contribution is -2.37. The smallest absolute Gasteiger partial charge is 0.269 e. The number of nitrogens with one attached hydrogen (secondary N) is 4. The van der Waals surface area contributed by atoms with Crippen LogP contribution in [0, 0.1) is 6.92 Å². The summed E-state index contributed by atoms with van der Waals surface area (Å²) in [6.07, 6.45) is 2.45. The molecule has 3 aromatic carbocycles. The molecule has 11 nitrogen and oxygen atoms in total. The first-order valence-corrected chi connectivity index (χ1v) is 16.2. The van der Waals surface area contributed by atoms with Crippen LogP contribution >= 0.6 is 0 Å². The number of rotatable bonds is 12. The van der Waals surface area contributed by atoms with Gasteiger partial charge >= 0.3 is 0 Å². The van der Waals surface area contributed by atoms with E-state index in [9.17, 15) is 18.0 Å². The van der Waals surface area contributed by atoms with Crippen molar-refractivity contribution < 1.29 is 22.7 Å². The average Bonchev–Trinajstić information content (AvgIpc) is 2.94. The van der Waals surface area contributed by atoms with Gasteiger partial charge in [-0.15, -0.1) is 0 Å². The van der Waals surface area contributed by atoms with E-state index in [1.54, 1.807) is 30.3 Å². The van der Waals surface area contributed by atoms with Crippen molar-refractivity contribution in [1.82, 2.24) is 10.2 Å². The number of amides is 2. The van der Waals surface area contributed by atoms with Gasteiger partial charge < -0.3 is 31.3 Å². The third kappa shape index (κ3) is 9.98.